The van der Waals surface area contributed by atoms with Gasteiger partial charge in [-0.3, -0.25) is 4.79 Å². The standard InChI is InChI=1S/C14H17N3O3/c15-6-5-13(18)17-12(14(19)20)7-9-8-16-11-4-2-1-3-10(9)11/h1-4,8,12,16H,5-7,15H2,(H,17,18)(H,19,20)/t12-/m0/s1. The first-order valence-electron chi connectivity index (χ1n) is 6.39. The Hall–Kier alpha value is -2.34. The Kier molecular flexibility index (Phi) is 4.37. The summed E-state index contributed by atoms with van der Waals surface area (Å²) in [5.74, 6) is -1.40. The van der Waals surface area contributed by atoms with Gasteiger partial charge < -0.3 is 21.1 Å². The summed E-state index contributed by atoms with van der Waals surface area (Å²) in [5.41, 5.74) is 7.08. The van der Waals surface area contributed by atoms with Crippen molar-refractivity contribution in [1.29, 1.82) is 0 Å². The van der Waals surface area contributed by atoms with E-state index in [9.17, 15) is 14.7 Å². The lowest BCUT2D eigenvalue weighted by molar-refractivity contribution is -0.141. The van der Waals surface area contributed by atoms with Crippen molar-refractivity contribution < 1.29 is 14.7 Å². The van der Waals surface area contributed by atoms with E-state index in [0.29, 0.717) is 0 Å². The third kappa shape index (κ3) is 3.16. The van der Waals surface area contributed by atoms with Crippen LogP contribution in [0.4, 0.5) is 0 Å². The molecule has 6 nitrogen and oxygen atoms in total. The molecule has 20 heavy (non-hydrogen) atoms. The van der Waals surface area contributed by atoms with Gasteiger partial charge in [-0.25, -0.2) is 4.79 Å². The monoisotopic (exact) mass is 275 g/mol. The molecule has 1 amide bonds. The smallest absolute Gasteiger partial charge is 0.326 e. The molecule has 0 aliphatic carbocycles. The van der Waals surface area contributed by atoms with Gasteiger partial charge in [0.2, 0.25) is 5.91 Å². The molecular weight excluding hydrogens is 258 g/mol. The van der Waals surface area contributed by atoms with Crippen molar-refractivity contribution in [2.24, 2.45) is 5.73 Å². The molecule has 0 radical (unpaired) electrons. The van der Waals surface area contributed by atoms with Crippen LogP contribution in [0.2, 0.25) is 0 Å². The Morgan fingerprint density at radius 2 is 2.10 bits per heavy atom. The lowest BCUT2D eigenvalue weighted by atomic mass is 10.0. The molecule has 2 rings (SSSR count). The maximum atomic E-state index is 11.5. The average Bonchev–Trinajstić information content (AvgIpc) is 2.82. The Balaban J connectivity index is 2.15. The molecule has 6 heteroatoms. The van der Waals surface area contributed by atoms with Gasteiger partial charge in [0.15, 0.2) is 0 Å². The van der Waals surface area contributed by atoms with Gasteiger partial charge in [0.05, 0.1) is 0 Å². The Morgan fingerprint density at radius 1 is 1.35 bits per heavy atom. The van der Waals surface area contributed by atoms with E-state index in [2.05, 4.69) is 10.3 Å². The minimum Gasteiger partial charge on any atom is -0.480 e. The van der Waals surface area contributed by atoms with E-state index in [0.717, 1.165) is 16.5 Å². The summed E-state index contributed by atoms with van der Waals surface area (Å²) in [6.07, 6.45) is 2.13. The molecule has 0 aliphatic heterocycles. The van der Waals surface area contributed by atoms with Crippen LogP contribution in [-0.2, 0) is 16.0 Å². The van der Waals surface area contributed by atoms with Crippen molar-refractivity contribution in [3.8, 4) is 0 Å². The Bertz CT molecular complexity index is 621. The number of fused-ring (bicyclic) bond motifs is 1. The van der Waals surface area contributed by atoms with Gasteiger partial charge in [0, 0.05) is 36.5 Å². The maximum Gasteiger partial charge on any atom is 0.326 e. The van der Waals surface area contributed by atoms with Crippen LogP contribution in [0, 0.1) is 0 Å². The van der Waals surface area contributed by atoms with Crippen molar-refractivity contribution in [1.82, 2.24) is 10.3 Å². The predicted molar refractivity (Wildman–Crippen MR) is 75.2 cm³/mol. The number of hydrogen-bond acceptors (Lipinski definition) is 3. The van der Waals surface area contributed by atoms with E-state index in [-0.39, 0.29) is 25.3 Å². The number of carboxylic acids is 1. The highest BCUT2D eigenvalue weighted by atomic mass is 16.4. The average molecular weight is 275 g/mol. The van der Waals surface area contributed by atoms with Gasteiger partial charge in [0.1, 0.15) is 6.04 Å². The molecule has 0 unspecified atom stereocenters. The van der Waals surface area contributed by atoms with Crippen molar-refractivity contribution in [3.05, 3.63) is 36.0 Å². The molecule has 106 valence electrons. The quantitative estimate of drug-likeness (QED) is 0.620. The number of carboxylic acid groups (broad SMARTS) is 1. The largest absolute Gasteiger partial charge is 0.480 e. The van der Waals surface area contributed by atoms with Crippen LogP contribution in [0.15, 0.2) is 30.5 Å². The number of H-pyrrole nitrogens is 1. The lowest BCUT2D eigenvalue weighted by Gasteiger charge is -2.13. The molecule has 0 bridgehead atoms. The summed E-state index contributed by atoms with van der Waals surface area (Å²) < 4.78 is 0. The summed E-state index contributed by atoms with van der Waals surface area (Å²) >= 11 is 0. The number of para-hydroxylation sites is 1. The molecule has 2 aromatic rings. The van der Waals surface area contributed by atoms with E-state index < -0.39 is 12.0 Å². The lowest BCUT2D eigenvalue weighted by Crippen LogP contribution is -2.42. The number of nitrogens with two attached hydrogens (primary N) is 1. The number of nitrogens with one attached hydrogen (secondary N) is 2. The van der Waals surface area contributed by atoms with Crippen molar-refractivity contribution in [3.63, 3.8) is 0 Å². The van der Waals surface area contributed by atoms with Gasteiger partial charge in [-0.1, -0.05) is 18.2 Å². The van der Waals surface area contributed by atoms with Crippen LogP contribution in [0.3, 0.4) is 0 Å². The zero-order chi connectivity index (χ0) is 14.5. The van der Waals surface area contributed by atoms with Gasteiger partial charge in [-0.15, -0.1) is 0 Å². The SMILES string of the molecule is NCCC(=O)N[C@@H](Cc1c[nH]c2ccccc12)C(=O)O. The topological polar surface area (TPSA) is 108 Å². The van der Waals surface area contributed by atoms with E-state index in [1.165, 1.54) is 0 Å². The highest BCUT2D eigenvalue weighted by Crippen LogP contribution is 2.19. The molecule has 1 heterocycles. The molecule has 1 aromatic heterocycles. The van der Waals surface area contributed by atoms with Crippen molar-refractivity contribution in [2.75, 3.05) is 6.54 Å². The number of amides is 1. The molecule has 0 saturated heterocycles. The second kappa shape index (κ2) is 6.21. The normalized spacial score (nSPS) is 12.2. The number of aliphatic carboxylic acids is 1. The second-order valence-electron chi connectivity index (χ2n) is 4.56. The van der Waals surface area contributed by atoms with Crippen molar-refractivity contribution >= 4 is 22.8 Å². The predicted octanol–water partition coefficient (Wildman–Crippen LogP) is 0.629. The first-order valence-corrected chi connectivity index (χ1v) is 6.39. The summed E-state index contributed by atoms with van der Waals surface area (Å²) in [6, 6.07) is 6.68. The third-order valence-corrected chi connectivity index (χ3v) is 3.10. The van der Waals surface area contributed by atoms with Gasteiger partial charge in [-0.05, 0) is 11.6 Å². The maximum absolute atomic E-state index is 11.5. The summed E-state index contributed by atoms with van der Waals surface area (Å²) in [6.45, 7) is 0.200. The molecular formula is C14H17N3O3. The zero-order valence-electron chi connectivity index (χ0n) is 10.9. The van der Waals surface area contributed by atoms with Crippen molar-refractivity contribution in [2.45, 2.75) is 18.9 Å². The highest BCUT2D eigenvalue weighted by Gasteiger charge is 2.21. The minimum absolute atomic E-state index is 0.123. The first kappa shape index (κ1) is 14.1. The molecule has 0 spiro atoms. The van der Waals surface area contributed by atoms with Crippen LogP contribution in [0.25, 0.3) is 10.9 Å². The molecule has 0 saturated carbocycles. The second-order valence-corrected chi connectivity index (χ2v) is 4.56. The van der Waals surface area contributed by atoms with Gasteiger partial charge >= 0.3 is 5.97 Å². The summed E-state index contributed by atoms with van der Waals surface area (Å²) in [4.78, 5) is 25.8. The number of aromatic nitrogens is 1. The van der Waals surface area contributed by atoms with Crippen LogP contribution in [-0.4, -0.2) is 34.6 Å². The zero-order valence-corrected chi connectivity index (χ0v) is 10.9. The van der Waals surface area contributed by atoms with Crippen LogP contribution in [0.5, 0.6) is 0 Å². The number of benzene rings is 1. The fraction of sp³-hybridized carbons (Fsp3) is 0.286. The fourth-order valence-electron chi connectivity index (χ4n) is 2.12. The molecule has 1 atom stereocenters. The number of carbonyl (C=O) groups excluding carboxylic acids is 1. The number of rotatable bonds is 6. The van der Waals surface area contributed by atoms with Crippen LogP contribution in [0.1, 0.15) is 12.0 Å². The number of aromatic amines is 1. The van der Waals surface area contributed by atoms with E-state index >= 15 is 0 Å². The highest BCUT2D eigenvalue weighted by molar-refractivity contribution is 5.86. The van der Waals surface area contributed by atoms with E-state index in [1.807, 2.05) is 24.3 Å². The Morgan fingerprint density at radius 3 is 2.80 bits per heavy atom. The minimum atomic E-state index is -1.05. The molecule has 5 N–H and O–H groups in total. The summed E-state index contributed by atoms with van der Waals surface area (Å²) in [5, 5.41) is 12.7. The number of hydrogen-bond donors (Lipinski definition) is 4. The van der Waals surface area contributed by atoms with Gasteiger partial charge in [-0.2, -0.15) is 0 Å². The van der Waals surface area contributed by atoms with Gasteiger partial charge in [0.25, 0.3) is 0 Å². The first-order chi connectivity index (χ1) is 9.61. The molecule has 0 fully saturated rings. The number of carbonyl (C=O) groups is 2. The molecule has 1 aromatic carbocycles. The molecule has 0 aliphatic rings. The van der Waals surface area contributed by atoms with Crippen LogP contribution < -0.4 is 11.1 Å². The summed E-state index contributed by atoms with van der Waals surface area (Å²) in [7, 11) is 0. The third-order valence-electron chi connectivity index (χ3n) is 3.10. The van der Waals surface area contributed by atoms with E-state index in [1.54, 1.807) is 6.20 Å². The Labute approximate surface area is 116 Å². The van der Waals surface area contributed by atoms with Crippen LogP contribution >= 0.6 is 0 Å². The van der Waals surface area contributed by atoms with E-state index in [4.69, 9.17) is 5.73 Å². The fourth-order valence-corrected chi connectivity index (χ4v) is 2.12.